The number of thiophene rings is 1. The zero-order valence-electron chi connectivity index (χ0n) is 14.7. The highest BCUT2D eigenvalue weighted by Crippen LogP contribution is 2.13. The van der Waals surface area contributed by atoms with E-state index in [0.717, 1.165) is 37.1 Å². The molecule has 2 heterocycles. The number of rotatable bonds is 7. The first kappa shape index (κ1) is 20.9. The number of guanidine groups is 1. The zero-order valence-corrected chi connectivity index (χ0v) is 17.9. The average molecular weight is 462 g/mol. The Balaban J connectivity index is 0.00000288. The van der Waals surface area contributed by atoms with Gasteiger partial charge in [0.15, 0.2) is 11.8 Å². The molecule has 2 aromatic heterocycles. The van der Waals surface area contributed by atoms with E-state index < -0.39 is 0 Å². The van der Waals surface area contributed by atoms with Crippen molar-refractivity contribution in [2.75, 3.05) is 13.1 Å². The molecule has 2 rings (SSSR count). The molecule has 0 bridgehead atoms. The van der Waals surface area contributed by atoms with E-state index in [2.05, 4.69) is 57.2 Å². The van der Waals surface area contributed by atoms with Crippen molar-refractivity contribution in [3.8, 4) is 0 Å². The maximum Gasteiger partial charge on any atom is 0.191 e. The van der Waals surface area contributed by atoms with Gasteiger partial charge in [0, 0.05) is 25.0 Å². The Hall–Kier alpha value is -1.16. The molecule has 8 heteroatoms. The van der Waals surface area contributed by atoms with Crippen LogP contribution in [0.15, 0.2) is 22.5 Å². The summed E-state index contributed by atoms with van der Waals surface area (Å²) in [4.78, 5) is 6.03. The summed E-state index contributed by atoms with van der Waals surface area (Å²) < 4.78 is 1.96. The Kier molecular flexibility index (Phi) is 9.27. The third kappa shape index (κ3) is 6.39. The fraction of sp³-hybridized carbons (Fsp3) is 0.562. The number of aliphatic imine (C=N–C) groups is 1. The molecule has 6 nitrogen and oxygen atoms in total. The predicted molar refractivity (Wildman–Crippen MR) is 111 cm³/mol. The molecular formula is C16H27IN6S. The lowest BCUT2D eigenvalue weighted by Gasteiger charge is -2.15. The second kappa shape index (κ2) is 10.7. The maximum absolute atomic E-state index is 4.60. The van der Waals surface area contributed by atoms with Crippen LogP contribution >= 0.6 is 35.3 Å². The largest absolute Gasteiger partial charge is 0.357 e. The van der Waals surface area contributed by atoms with Gasteiger partial charge in [-0.2, -0.15) is 0 Å². The van der Waals surface area contributed by atoms with Crippen LogP contribution < -0.4 is 10.6 Å². The highest BCUT2D eigenvalue weighted by molar-refractivity contribution is 14.0. The molecule has 0 saturated heterocycles. The summed E-state index contributed by atoms with van der Waals surface area (Å²) in [7, 11) is 1.96. The number of halogens is 1. The molecule has 0 radical (unpaired) electrons. The second-order valence-electron chi connectivity index (χ2n) is 5.69. The quantitative estimate of drug-likeness (QED) is 0.377. The first-order chi connectivity index (χ1) is 11.1. The zero-order chi connectivity index (χ0) is 16.7. The molecular weight excluding hydrogens is 435 g/mol. The van der Waals surface area contributed by atoms with Crippen LogP contribution in [0.5, 0.6) is 0 Å². The van der Waals surface area contributed by atoms with Crippen LogP contribution in [0.1, 0.15) is 30.4 Å². The van der Waals surface area contributed by atoms with Crippen molar-refractivity contribution < 1.29 is 0 Å². The Morgan fingerprint density at radius 2 is 2.17 bits per heavy atom. The molecule has 0 fully saturated rings. The van der Waals surface area contributed by atoms with Crippen molar-refractivity contribution in [1.82, 2.24) is 25.4 Å². The van der Waals surface area contributed by atoms with E-state index in [4.69, 9.17) is 0 Å². The lowest BCUT2D eigenvalue weighted by Crippen LogP contribution is -2.39. The minimum absolute atomic E-state index is 0. The molecule has 0 aromatic carbocycles. The lowest BCUT2D eigenvalue weighted by atomic mass is 10.1. The Bertz CT molecular complexity index is 623. The fourth-order valence-corrected chi connectivity index (χ4v) is 3.07. The van der Waals surface area contributed by atoms with Crippen LogP contribution in [0, 0.1) is 12.8 Å². The van der Waals surface area contributed by atoms with Crippen molar-refractivity contribution in [2.45, 2.75) is 33.7 Å². The number of aryl methyl sites for hydroxylation is 1. The van der Waals surface area contributed by atoms with Crippen LogP contribution in [0.3, 0.4) is 0 Å². The van der Waals surface area contributed by atoms with Gasteiger partial charge >= 0.3 is 0 Å². The van der Waals surface area contributed by atoms with Crippen LogP contribution in [0.2, 0.25) is 0 Å². The predicted octanol–water partition coefficient (Wildman–Crippen LogP) is 2.74. The maximum atomic E-state index is 4.60. The monoisotopic (exact) mass is 462 g/mol. The van der Waals surface area contributed by atoms with Crippen LogP contribution in [0.4, 0.5) is 0 Å². The standard InChI is InChI=1S/C16H26N6S.HI/c1-5-17-16(19-11-15-21-20-13(3)22(15)4)18-10-12(2)9-14-7-6-8-23-14;/h6-8,12H,5,9-11H2,1-4H3,(H2,17,18,19);1H. The Morgan fingerprint density at radius 1 is 1.38 bits per heavy atom. The van der Waals surface area contributed by atoms with Gasteiger partial charge in [-0.3, -0.25) is 0 Å². The smallest absolute Gasteiger partial charge is 0.191 e. The summed E-state index contributed by atoms with van der Waals surface area (Å²) in [5.41, 5.74) is 0. The number of aromatic nitrogens is 3. The van der Waals surface area contributed by atoms with Gasteiger partial charge < -0.3 is 15.2 Å². The molecule has 0 aliphatic carbocycles. The lowest BCUT2D eigenvalue weighted by molar-refractivity contribution is 0.561. The van der Waals surface area contributed by atoms with Crippen molar-refractivity contribution in [3.63, 3.8) is 0 Å². The Morgan fingerprint density at radius 3 is 2.75 bits per heavy atom. The summed E-state index contributed by atoms with van der Waals surface area (Å²) in [5, 5.41) is 17.0. The van der Waals surface area contributed by atoms with E-state index in [9.17, 15) is 0 Å². The van der Waals surface area contributed by atoms with E-state index in [1.807, 2.05) is 29.9 Å². The second-order valence-corrected chi connectivity index (χ2v) is 6.72. The molecule has 0 saturated carbocycles. The molecule has 1 unspecified atom stereocenters. The van der Waals surface area contributed by atoms with E-state index in [1.165, 1.54) is 4.88 Å². The summed E-state index contributed by atoms with van der Waals surface area (Å²) in [5.74, 6) is 3.14. The average Bonchev–Trinajstić information content (AvgIpc) is 3.14. The number of nitrogens with one attached hydrogen (secondary N) is 2. The Labute approximate surface area is 165 Å². The van der Waals surface area contributed by atoms with Gasteiger partial charge in [0.05, 0.1) is 0 Å². The van der Waals surface area contributed by atoms with Crippen LogP contribution in [0.25, 0.3) is 0 Å². The highest BCUT2D eigenvalue weighted by Gasteiger charge is 2.07. The first-order valence-electron chi connectivity index (χ1n) is 7.99. The van der Waals surface area contributed by atoms with Crippen LogP contribution in [-0.4, -0.2) is 33.8 Å². The molecule has 24 heavy (non-hydrogen) atoms. The topological polar surface area (TPSA) is 67.1 Å². The minimum Gasteiger partial charge on any atom is -0.357 e. The molecule has 134 valence electrons. The molecule has 0 spiro atoms. The van der Waals surface area contributed by atoms with Gasteiger partial charge in [0.2, 0.25) is 0 Å². The van der Waals surface area contributed by atoms with E-state index >= 15 is 0 Å². The number of hydrogen-bond acceptors (Lipinski definition) is 4. The summed E-state index contributed by atoms with van der Waals surface area (Å²) in [6.07, 6.45) is 1.09. The van der Waals surface area contributed by atoms with Gasteiger partial charge in [0.25, 0.3) is 0 Å². The van der Waals surface area contributed by atoms with Gasteiger partial charge in [-0.15, -0.1) is 45.5 Å². The summed E-state index contributed by atoms with van der Waals surface area (Å²) >= 11 is 1.82. The molecule has 2 N–H and O–H groups in total. The molecule has 0 aliphatic rings. The molecule has 0 amide bonds. The van der Waals surface area contributed by atoms with E-state index in [0.29, 0.717) is 12.5 Å². The third-order valence-corrected chi connectivity index (χ3v) is 4.55. The first-order valence-corrected chi connectivity index (χ1v) is 8.87. The highest BCUT2D eigenvalue weighted by atomic mass is 127. The van der Waals surface area contributed by atoms with Crippen molar-refractivity contribution >= 4 is 41.3 Å². The third-order valence-electron chi connectivity index (χ3n) is 3.65. The van der Waals surface area contributed by atoms with Crippen LogP contribution in [-0.2, 0) is 20.0 Å². The SMILES string of the molecule is CCNC(=NCc1nnc(C)n1C)NCC(C)Cc1cccs1.I. The van der Waals surface area contributed by atoms with Crippen molar-refractivity contribution in [3.05, 3.63) is 34.0 Å². The molecule has 0 aliphatic heterocycles. The number of hydrogen-bond donors (Lipinski definition) is 2. The van der Waals surface area contributed by atoms with Gasteiger partial charge in [-0.05, 0) is 37.6 Å². The van der Waals surface area contributed by atoms with Gasteiger partial charge in [0.1, 0.15) is 12.4 Å². The fourth-order valence-electron chi connectivity index (χ4n) is 2.20. The summed E-state index contributed by atoms with van der Waals surface area (Å²) in [6.45, 7) is 8.51. The molecule has 2 aromatic rings. The van der Waals surface area contributed by atoms with Gasteiger partial charge in [-0.25, -0.2) is 4.99 Å². The normalized spacial score (nSPS) is 12.6. The molecule has 1 atom stereocenters. The van der Waals surface area contributed by atoms with Crippen molar-refractivity contribution in [2.24, 2.45) is 18.0 Å². The van der Waals surface area contributed by atoms with Gasteiger partial charge in [-0.1, -0.05) is 13.0 Å². The number of nitrogens with zero attached hydrogens (tertiary/aromatic N) is 4. The van der Waals surface area contributed by atoms with E-state index in [1.54, 1.807) is 0 Å². The summed E-state index contributed by atoms with van der Waals surface area (Å²) in [6, 6.07) is 4.30. The van der Waals surface area contributed by atoms with Crippen molar-refractivity contribution in [1.29, 1.82) is 0 Å². The van der Waals surface area contributed by atoms with E-state index in [-0.39, 0.29) is 24.0 Å². The minimum atomic E-state index is 0.